The van der Waals surface area contributed by atoms with E-state index in [2.05, 4.69) is 164 Å². The Labute approximate surface area is 288 Å². The second-order valence-corrected chi connectivity index (χ2v) is 11.9. The summed E-state index contributed by atoms with van der Waals surface area (Å²) in [5, 5.41) is 8.08. The van der Waals surface area contributed by atoms with E-state index >= 15 is 0 Å². The molecule has 0 atom stereocenters. The first-order valence-corrected chi connectivity index (χ1v) is 19.2. The van der Waals surface area contributed by atoms with Crippen molar-refractivity contribution < 1.29 is 23.3 Å². The summed E-state index contributed by atoms with van der Waals surface area (Å²) in [6.45, 7) is 16.3. The van der Waals surface area contributed by atoms with Crippen LogP contribution in [0.1, 0.15) is 47.6 Å². The van der Waals surface area contributed by atoms with E-state index < -0.39 is 0 Å². The SMILES string of the molecule is Cc1cc2c(-c3cccc4ccccc34)ccc(C)c2[cH-]1.Cc1ccc(-c2cccc3[cH-]c(C(C)C)cc23)cc1C.[CH3-].[CH3-].[Si]=[Zr]. The molecular weight excluding hydrogens is 636 g/mol. The van der Waals surface area contributed by atoms with Gasteiger partial charge in [0, 0.05) is 0 Å². The summed E-state index contributed by atoms with van der Waals surface area (Å²) < 4.78 is 0. The molecule has 0 saturated carbocycles. The molecule has 0 saturated heterocycles. The van der Waals surface area contributed by atoms with Gasteiger partial charge in [0.15, 0.2) is 0 Å². The number of benzene rings is 5. The molecule has 0 aliphatic heterocycles. The van der Waals surface area contributed by atoms with E-state index in [0.717, 1.165) is 0 Å². The van der Waals surface area contributed by atoms with Crippen LogP contribution in [-0.2, 0) is 23.3 Å². The zero-order valence-electron chi connectivity index (χ0n) is 28.0. The average Bonchev–Trinajstić information content (AvgIpc) is 3.64. The van der Waals surface area contributed by atoms with Gasteiger partial charge in [-0.2, -0.15) is 12.1 Å². The minimum absolute atomic E-state index is 0. The Hall–Kier alpha value is -3.32. The molecule has 0 nitrogen and oxygen atoms in total. The van der Waals surface area contributed by atoms with Crippen LogP contribution in [0.2, 0.25) is 0 Å². The molecule has 0 bridgehead atoms. The Morgan fingerprint density at radius 2 is 1.20 bits per heavy atom. The molecule has 2 radical (unpaired) electrons. The summed E-state index contributed by atoms with van der Waals surface area (Å²) in [5.41, 5.74) is 12.1. The first-order chi connectivity index (χ1) is 20.8. The van der Waals surface area contributed by atoms with Crippen molar-refractivity contribution in [2.45, 2.75) is 47.5 Å². The van der Waals surface area contributed by atoms with Crippen molar-refractivity contribution in [1.29, 1.82) is 0 Å². The molecule has 0 heterocycles. The summed E-state index contributed by atoms with van der Waals surface area (Å²) in [7, 11) is 0. The van der Waals surface area contributed by atoms with Gasteiger partial charge in [-0.1, -0.05) is 112 Å². The van der Waals surface area contributed by atoms with Gasteiger partial charge in [0.1, 0.15) is 0 Å². The van der Waals surface area contributed by atoms with Crippen LogP contribution in [0, 0.1) is 42.5 Å². The standard InChI is InChI=1S/C21H17.C20H21.2CH3.Si.Zr/c1-14-12-20-15(2)10-11-19(21(20)13-14)18-9-5-7-16-6-3-4-8-17(16)18;1-13(2)18-11-16-6-5-7-19(20(16)12-18)17-9-8-14(3)15(4)10-17;;;;/h3-13H,1-2H3;5-13H,1-4H3;2*1H3;;/q4*-1;;. The van der Waals surface area contributed by atoms with Crippen molar-refractivity contribution >= 4 is 39.2 Å². The number of rotatable bonds is 3. The van der Waals surface area contributed by atoms with Crippen LogP contribution in [0.15, 0.2) is 115 Å². The van der Waals surface area contributed by atoms with Crippen molar-refractivity contribution in [2.75, 3.05) is 0 Å². The number of hydrogen-bond donors (Lipinski definition) is 0. The quantitative estimate of drug-likeness (QED) is 0.129. The van der Waals surface area contributed by atoms with Crippen LogP contribution >= 0.6 is 0 Å². The van der Waals surface area contributed by atoms with E-state index in [4.69, 9.17) is 0 Å². The van der Waals surface area contributed by atoms with Crippen molar-refractivity contribution in [3.05, 3.63) is 158 Å². The first-order valence-electron chi connectivity index (χ1n) is 15.0. The molecule has 0 aliphatic rings. The summed E-state index contributed by atoms with van der Waals surface area (Å²) in [6, 6.07) is 42.3. The van der Waals surface area contributed by atoms with E-state index in [0.29, 0.717) is 5.92 Å². The van der Waals surface area contributed by atoms with Crippen LogP contribution < -0.4 is 0 Å². The topological polar surface area (TPSA) is 0 Å². The molecule has 0 fully saturated rings. The number of aryl methyl sites for hydroxylation is 4. The zero-order chi connectivity index (χ0) is 30.7. The van der Waals surface area contributed by atoms with E-state index in [-0.39, 0.29) is 14.9 Å². The maximum absolute atomic E-state index is 3.06. The molecule has 0 aliphatic carbocycles. The summed E-state index contributed by atoms with van der Waals surface area (Å²) in [5.74, 6) is 0.579. The molecule has 45 heavy (non-hydrogen) atoms. The van der Waals surface area contributed by atoms with Crippen molar-refractivity contribution in [2.24, 2.45) is 0 Å². The fourth-order valence-corrected chi connectivity index (χ4v) is 6.04. The van der Waals surface area contributed by atoms with Gasteiger partial charge in [0.05, 0.1) is 0 Å². The van der Waals surface area contributed by atoms with Crippen LogP contribution in [-0.4, -0.2) is 6.88 Å². The third-order valence-corrected chi connectivity index (χ3v) is 8.59. The molecule has 2 heteroatoms. The Bertz CT molecular complexity index is 2030. The average molecular weight is 680 g/mol. The van der Waals surface area contributed by atoms with Gasteiger partial charge >= 0.3 is 30.2 Å². The molecule has 0 amide bonds. The van der Waals surface area contributed by atoms with Gasteiger partial charge in [-0.25, -0.2) is 0 Å². The maximum atomic E-state index is 3.06. The van der Waals surface area contributed by atoms with Crippen LogP contribution in [0.4, 0.5) is 0 Å². The molecule has 7 aromatic carbocycles. The molecule has 0 N–H and O–H groups in total. The molecule has 0 spiro atoms. The normalized spacial score (nSPS) is 10.4. The first kappa shape index (κ1) is 36.2. The van der Waals surface area contributed by atoms with E-state index in [1.54, 1.807) is 0 Å². The van der Waals surface area contributed by atoms with E-state index in [1.165, 1.54) is 106 Å². The summed E-state index contributed by atoms with van der Waals surface area (Å²) >= 11 is 1.36. The third-order valence-electron chi connectivity index (χ3n) is 8.59. The van der Waals surface area contributed by atoms with Gasteiger partial charge in [-0.3, -0.25) is 0 Å². The Morgan fingerprint density at radius 3 is 1.93 bits per heavy atom. The van der Waals surface area contributed by atoms with Gasteiger partial charge in [0.2, 0.25) is 0 Å². The predicted octanol–water partition coefficient (Wildman–Crippen LogP) is 12.5. The zero-order valence-corrected chi connectivity index (χ0v) is 31.5. The van der Waals surface area contributed by atoms with E-state index in [1.807, 2.05) is 0 Å². The molecular formula is C43H44SiZr-4. The van der Waals surface area contributed by atoms with Crippen LogP contribution in [0.5, 0.6) is 0 Å². The predicted molar refractivity (Wildman–Crippen MR) is 199 cm³/mol. The number of fused-ring (bicyclic) bond motifs is 3. The van der Waals surface area contributed by atoms with Gasteiger partial charge in [-0.15, -0.1) is 68.6 Å². The summed E-state index contributed by atoms with van der Waals surface area (Å²) in [4.78, 5) is 0. The molecule has 7 aromatic rings. The monoisotopic (exact) mass is 678 g/mol. The van der Waals surface area contributed by atoms with Crippen molar-refractivity contribution in [3.8, 4) is 22.3 Å². The molecule has 0 aromatic heterocycles. The summed E-state index contributed by atoms with van der Waals surface area (Å²) in [6.07, 6.45) is 0. The second kappa shape index (κ2) is 15.8. The van der Waals surface area contributed by atoms with Crippen LogP contribution in [0.3, 0.4) is 0 Å². The second-order valence-electron chi connectivity index (χ2n) is 11.9. The van der Waals surface area contributed by atoms with Crippen molar-refractivity contribution in [3.63, 3.8) is 0 Å². The third kappa shape index (κ3) is 7.57. The molecule has 0 unspecified atom stereocenters. The van der Waals surface area contributed by atoms with Gasteiger partial charge < -0.3 is 14.9 Å². The fourth-order valence-electron chi connectivity index (χ4n) is 6.04. The Kier molecular flexibility index (Phi) is 12.7. The Balaban J connectivity index is 0.000000224. The van der Waals surface area contributed by atoms with Gasteiger partial charge in [-0.05, 0) is 52.8 Å². The van der Waals surface area contributed by atoms with Crippen molar-refractivity contribution in [1.82, 2.24) is 0 Å². The molecule has 7 rings (SSSR count). The Morgan fingerprint density at radius 1 is 0.556 bits per heavy atom. The minimum atomic E-state index is 0. The van der Waals surface area contributed by atoms with Gasteiger partial charge in [0.25, 0.3) is 0 Å². The van der Waals surface area contributed by atoms with E-state index in [9.17, 15) is 0 Å². The van der Waals surface area contributed by atoms with Crippen LogP contribution in [0.25, 0.3) is 54.6 Å². The number of hydrogen-bond acceptors (Lipinski definition) is 0. The fraction of sp³-hybridized carbons (Fsp3) is 0.163. The molecule has 228 valence electrons.